The second-order valence-corrected chi connectivity index (χ2v) is 4.47. The van der Waals surface area contributed by atoms with Crippen molar-refractivity contribution in [3.63, 3.8) is 0 Å². The Balaban J connectivity index is 2.96. The first-order valence-electron chi connectivity index (χ1n) is 6.21. The number of hydrogen-bond donors (Lipinski definition) is 1. The predicted molar refractivity (Wildman–Crippen MR) is 76.7 cm³/mol. The average Bonchev–Trinajstić information content (AvgIpc) is 2.43. The van der Waals surface area contributed by atoms with E-state index in [9.17, 15) is 9.59 Å². The molecular weight excluding hydrogens is 258 g/mol. The summed E-state index contributed by atoms with van der Waals surface area (Å²) in [5.41, 5.74) is 2.10. The molecule has 5 nitrogen and oxygen atoms in total. The zero-order valence-electron chi connectivity index (χ0n) is 11.9. The molecule has 0 atom stereocenters. The first-order chi connectivity index (χ1) is 9.45. The van der Waals surface area contributed by atoms with E-state index in [1.807, 2.05) is 6.92 Å². The third-order valence-electron chi connectivity index (χ3n) is 2.89. The van der Waals surface area contributed by atoms with Crippen LogP contribution in [0.4, 0.5) is 0 Å². The molecule has 0 spiro atoms. The van der Waals surface area contributed by atoms with Gasteiger partial charge >= 0.3 is 5.97 Å². The molecule has 1 amide bonds. The molecule has 0 fully saturated rings. The number of hydrogen-bond acceptors (Lipinski definition) is 3. The summed E-state index contributed by atoms with van der Waals surface area (Å²) in [6, 6.07) is 5.28. The number of methoxy groups -OCH3 is 1. The normalized spacial score (nSPS) is 10.8. The molecule has 0 heterocycles. The number of carboxylic acid groups (broad SMARTS) is 1. The fraction of sp³-hybridized carbons (Fsp3) is 0.333. The maximum Gasteiger partial charge on any atom is 0.328 e. The Morgan fingerprint density at radius 2 is 2.10 bits per heavy atom. The fourth-order valence-corrected chi connectivity index (χ4v) is 1.68. The van der Waals surface area contributed by atoms with Crippen LogP contribution in [0.5, 0.6) is 0 Å². The van der Waals surface area contributed by atoms with Crippen molar-refractivity contribution in [3.8, 4) is 0 Å². The molecule has 0 radical (unpaired) electrons. The van der Waals surface area contributed by atoms with E-state index < -0.39 is 5.97 Å². The van der Waals surface area contributed by atoms with E-state index in [1.165, 1.54) is 6.08 Å². The molecule has 0 aliphatic rings. The second-order valence-electron chi connectivity index (χ2n) is 4.47. The summed E-state index contributed by atoms with van der Waals surface area (Å²) in [5, 5.41) is 8.62. The van der Waals surface area contributed by atoms with Crippen LogP contribution in [-0.2, 0) is 9.53 Å². The summed E-state index contributed by atoms with van der Waals surface area (Å²) in [6.07, 6.45) is 2.52. The molecule has 1 aromatic carbocycles. The maximum absolute atomic E-state index is 12.3. The smallest absolute Gasteiger partial charge is 0.328 e. The zero-order chi connectivity index (χ0) is 15.1. The number of carbonyl (C=O) groups excluding carboxylic acids is 1. The van der Waals surface area contributed by atoms with Gasteiger partial charge in [0, 0.05) is 32.3 Å². The van der Waals surface area contributed by atoms with Gasteiger partial charge in [0.05, 0.1) is 6.61 Å². The minimum absolute atomic E-state index is 0.106. The summed E-state index contributed by atoms with van der Waals surface area (Å²) in [5.74, 6) is -1.12. The van der Waals surface area contributed by atoms with Gasteiger partial charge in [-0.3, -0.25) is 4.79 Å². The maximum atomic E-state index is 12.3. The van der Waals surface area contributed by atoms with Crippen LogP contribution < -0.4 is 0 Å². The van der Waals surface area contributed by atoms with E-state index in [0.29, 0.717) is 24.3 Å². The third-order valence-corrected chi connectivity index (χ3v) is 2.89. The highest BCUT2D eigenvalue weighted by Crippen LogP contribution is 2.14. The van der Waals surface area contributed by atoms with Gasteiger partial charge in [0.15, 0.2) is 0 Å². The SMILES string of the molecule is COCCN(C)C(=O)c1cc(C=CC(=O)O)ccc1C. The van der Waals surface area contributed by atoms with Crippen molar-refractivity contribution in [1.29, 1.82) is 0 Å². The average molecular weight is 277 g/mol. The molecule has 1 aromatic rings. The number of nitrogens with zero attached hydrogens (tertiary/aromatic N) is 1. The molecule has 0 unspecified atom stereocenters. The topological polar surface area (TPSA) is 66.8 Å². The number of carboxylic acids is 1. The lowest BCUT2D eigenvalue weighted by molar-refractivity contribution is -0.131. The highest BCUT2D eigenvalue weighted by molar-refractivity contribution is 5.96. The van der Waals surface area contributed by atoms with E-state index >= 15 is 0 Å². The van der Waals surface area contributed by atoms with Gasteiger partial charge in [-0.1, -0.05) is 12.1 Å². The third kappa shape index (κ3) is 4.51. The van der Waals surface area contributed by atoms with Gasteiger partial charge in [0.25, 0.3) is 5.91 Å². The number of carbonyl (C=O) groups is 2. The van der Waals surface area contributed by atoms with Crippen molar-refractivity contribution >= 4 is 18.0 Å². The Morgan fingerprint density at radius 3 is 2.70 bits per heavy atom. The van der Waals surface area contributed by atoms with E-state index in [1.54, 1.807) is 37.3 Å². The lowest BCUT2D eigenvalue weighted by atomic mass is 10.0. The van der Waals surface area contributed by atoms with E-state index in [0.717, 1.165) is 11.6 Å². The standard InChI is InChI=1S/C15H19NO4/c1-11-4-5-12(6-7-14(17)18)10-13(11)15(19)16(2)8-9-20-3/h4-7,10H,8-9H2,1-3H3,(H,17,18). The molecule has 1 N–H and O–H groups in total. The number of aryl methyl sites for hydroxylation is 1. The lowest BCUT2D eigenvalue weighted by Crippen LogP contribution is -2.30. The Morgan fingerprint density at radius 1 is 1.40 bits per heavy atom. The summed E-state index contributed by atoms with van der Waals surface area (Å²) < 4.78 is 4.95. The first kappa shape index (κ1) is 15.9. The minimum Gasteiger partial charge on any atom is -0.478 e. The van der Waals surface area contributed by atoms with Crippen LogP contribution in [0, 0.1) is 6.92 Å². The van der Waals surface area contributed by atoms with Gasteiger partial charge in [-0.05, 0) is 30.2 Å². The molecule has 0 bridgehead atoms. The molecule has 1 rings (SSSR count). The highest BCUT2D eigenvalue weighted by atomic mass is 16.5. The Kier molecular flexibility index (Phi) is 5.93. The van der Waals surface area contributed by atoms with Crippen LogP contribution in [0.25, 0.3) is 6.08 Å². The Labute approximate surface area is 118 Å². The van der Waals surface area contributed by atoms with Crippen LogP contribution in [0.3, 0.4) is 0 Å². The molecular formula is C15H19NO4. The Bertz CT molecular complexity index is 523. The van der Waals surface area contributed by atoms with Gasteiger partial charge in [-0.25, -0.2) is 4.79 Å². The van der Waals surface area contributed by atoms with Crippen molar-refractivity contribution in [3.05, 3.63) is 41.0 Å². The van der Waals surface area contributed by atoms with Gasteiger partial charge in [0.2, 0.25) is 0 Å². The molecule has 0 aliphatic carbocycles. The van der Waals surface area contributed by atoms with E-state index in [-0.39, 0.29) is 5.91 Å². The van der Waals surface area contributed by atoms with Crippen molar-refractivity contribution < 1.29 is 19.4 Å². The molecule has 20 heavy (non-hydrogen) atoms. The quantitative estimate of drug-likeness (QED) is 0.805. The van der Waals surface area contributed by atoms with Crippen LogP contribution >= 0.6 is 0 Å². The van der Waals surface area contributed by atoms with Crippen molar-refractivity contribution in [2.24, 2.45) is 0 Å². The van der Waals surface area contributed by atoms with Crippen LogP contribution in [0.1, 0.15) is 21.5 Å². The first-order valence-corrected chi connectivity index (χ1v) is 6.21. The van der Waals surface area contributed by atoms with Crippen LogP contribution in [-0.4, -0.2) is 49.2 Å². The van der Waals surface area contributed by atoms with Gasteiger partial charge < -0.3 is 14.7 Å². The van der Waals surface area contributed by atoms with Crippen molar-refractivity contribution in [1.82, 2.24) is 4.90 Å². The Hall–Kier alpha value is -2.14. The van der Waals surface area contributed by atoms with Gasteiger partial charge in [-0.15, -0.1) is 0 Å². The highest BCUT2D eigenvalue weighted by Gasteiger charge is 2.14. The molecule has 0 aromatic heterocycles. The van der Waals surface area contributed by atoms with Gasteiger partial charge in [0.1, 0.15) is 0 Å². The number of ether oxygens (including phenoxy) is 1. The van der Waals surface area contributed by atoms with Crippen molar-refractivity contribution in [2.75, 3.05) is 27.3 Å². The van der Waals surface area contributed by atoms with Crippen LogP contribution in [0.15, 0.2) is 24.3 Å². The monoisotopic (exact) mass is 277 g/mol. The van der Waals surface area contributed by atoms with Crippen LogP contribution in [0.2, 0.25) is 0 Å². The summed E-state index contributed by atoms with van der Waals surface area (Å²) >= 11 is 0. The number of rotatable bonds is 6. The van der Waals surface area contributed by atoms with E-state index in [4.69, 9.17) is 9.84 Å². The van der Waals surface area contributed by atoms with Crippen molar-refractivity contribution in [2.45, 2.75) is 6.92 Å². The number of aliphatic carboxylic acids is 1. The zero-order valence-corrected chi connectivity index (χ0v) is 11.9. The molecule has 0 saturated heterocycles. The molecule has 0 saturated carbocycles. The number of amides is 1. The summed E-state index contributed by atoms with van der Waals surface area (Å²) in [4.78, 5) is 24.4. The summed E-state index contributed by atoms with van der Waals surface area (Å²) in [6.45, 7) is 2.83. The van der Waals surface area contributed by atoms with E-state index in [2.05, 4.69) is 0 Å². The molecule has 108 valence electrons. The fourth-order valence-electron chi connectivity index (χ4n) is 1.68. The largest absolute Gasteiger partial charge is 0.478 e. The van der Waals surface area contributed by atoms with Gasteiger partial charge in [-0.2, -0.15) is 0 Å². The lowest BCUT2D eigenvalue weighted by Gasteiger charge is -2.18. The second kappa shape index (κ2) is 7.45. The predicted octanol–water partition coefficient (Wildman–Crippen LogP) is 1.81. The summed E-state index contributed by atoms with van der Waals surface area (Å²) in [7, 11) is 3.29. The number of likely N-dealkylation sites (N-methyl/N-ethyl adjacent to an activating group) is 1. The molecule has 0 aliphatic heterocycles. The molecule has 5 heteroatoms. The minimum atomic E-state index is -1.02. The number of benzene rings is 1.